The van der Waals surface area contributed by atoms with Crippen molar-refractivity contribution in [3.63, 3.8) is 0 Å². The molecular formula is C27H24N2O4. The van der Waals surface area contributed by atoms with Crippen molar-refractivity contribution in [2.45, 2.75) is 19.9 Å². The molecule has 1 aromatic heterocycles. The van der Waals surface area contributed by atoms with E-state index in [1.165, 1.54) is 6.20 Å². The topological polar surface area (TPSA) is 77.4 Å². The molecule has 0 bridgehead atoms. The summed E-state index contributed by atoms with van der Waals surface area (Å²) in [4.78, 5) is 39.2. The number of benzene rings is 3. The van der Waals surface area contributed by atoms with E-state index < -0.39 is 0 Å². The van der Waals surface area contributed by atoms with Gasteiger partial charge in [0.15, 0.2) is 5.78 Å². The number of hydrogen-bond donors (Lipinski definition) is 1. The van der Waals surface area contributed by atoms with Crippen LogP contribution in [0.3, 0.4) is 0 Å². The minimum atomic E-state index is -0.369. The van der Waals surface area contributed by atoms with Gasteiger partial charge in [-0.3, -0.25) is 14.4 Å². The highest BCUT2D eigenvalue weighted by Gasteiger charge is 2.18. The maximum absolute atomic E-state index is 13.3. The first-order valence-corrected chi connectivity index (χ1v) is 10.7. The van der Waals surface area contributed by atoms with Crippen LogP contribution >= 0.6 is 0 Å². The zero-order valence-corrected chi connectivity index (χ0v) is 18.5. The van der Waals surface area contributed by atoms with Gasteiger partial charge in [-0.15, -0.1) is 0 Å². The van der Waals surface area contributed by atoms with Gasteiger partial charge in [-0.25, -0.2) is 0 Å². The molecular weight excluding hydrogens is 416 g/mol. The lowest BCUT2D eigenvalue weighted by atomic mass is 10.0. The number of aromatic nitrogens is 1. The van der Waals surface area contributed by atoms with E-state index in [0.717, 1.165) is 12.0 Å². The van der Waals surface area contributed by atoms with E-state index >= 15 is 0 Å². The van der Waals surface area contributed by atoms with Gasteiger partial charge in [0.25, 0.3) is 0 Å². The van der Waals surface area contributed by atoms with Crippen LogP contribution in [-0.4, -0.2) is 23.4 Å². The van der Waals surface area contributed by atoms with E-state index in [1.807, 2.05) is 25.1 Å². The van der Waals surface area contributed by atoms with E-state index in [4.69, 9.17) is 4.74 Å². The number of carbonyl (C=O) groups is 2. The van der Waals surface area contributed by atoms with Crippen LogP contribution in [0.25, 0.3) is 10.9 Å². The fourth-order valence-corrected chi connectivity index (χ4v) is 3.76. The number of anilines is 1. The summed E-state index contributed by atoms with van der Waals surface area (Å²) in [6.45, 7) is 1.94. The molecule has 1 heterocycles. The largest absolute Gasteiger partial charge is 0.497 e. The normalized spacial score (nSPS) is 10.7. The Morgan fingerprint density at radius 3 is 2.48 bits per heavy atom. The number of nitrogens with zero attached hydrogens (tertiary/aromatic N) is 1. The fourth-order valence-electron chi connectivity index (χ4n) is 3.76. The lowest BCUT2D eigenvalue weighted by molar-refractivity contribution is -0.116. The van der Waals surface area contributed by atoms with Gasteiger partial charge in [0, 0.05) is 28.9 Å². The summed E-state index contributed by atoms with van der Waals surface area (Å²) >= 11 is 0. The molecule has 166 valence electrons. The van der Waals surface area contributed by atoms with Crippen LogP contribution in [0.5, 0.6) is 5.75 Å². The maximum Gasteiger partial charge on any atom is 0.244 e. The second-order valence-electron chi connectivity index (χ2n) is 7.68. The standard InChI is InChI=1S/C27H24N2O4/c1-3-18-12-13-24-22(14-18)27(32)23(26(31)19-8-5-4-6-9-19)16-29(24)17-25(30)28-20-10-7-11-21(15-20)33-2/h4-16H,3,17H2,1-2H3,(H,28,30). The highest BCUT2D eigenvalue weighted by atomic mass is 16.5. The van der Waals surface area contributed by atoms with Crippen molar-refractivity contribution in [2.24, 2.45) is 0 Å². The highest BCUT2D eigenvalue weighted by Crippen LogP contribution is 2.19. The number of carbonyl (C=O) groups excluding carboxylic acids is 2. The SMILES string of the molecule is CCc1ccc2c(c1)c(=O)c(C(=O)c1ccccc1)cn2CC(=O)Nc1cccc(OC)c1. The molecule has 1 amide bonds. The van der Waals surface area contributed by atoms with Crippen molar-refractivity contribution in [1.29, 1.82) is 0 Å². The van der Waals surface area contributed by atoms with E-state index in [1.54, 1.807) is 66.3 Å². The summed E-state index contributed by atoms with van der Waals surface area (Å²) in [7, 11) is 1.56. The maximum atomic E-state index is 13.3. The third kappa shape index (κ3) is 4.70. The van der Waals surface area contributed by atoms with Gasteiger partial charge in [0.05, 0.1) is 18.2 Å². The minimum absolute atomic E-state index is 0.0381. The molecule has 0 spiro atoms. The minimum Gasteiger partial charge on any atom is -0.497 e. The van der Waals surface area contributed by atoms with Crippen LogP contribution in [0.15, 0.2) is 83.8 Å². The Bertz CT molecular complexity index is 1390. The second-order valence-corrected chi connectivity index (χ2v) is 7.68. The zero-order valence-electron chi connectivity index (χ0n) is 18.5. The monoisotopic (exact) mass is 440 g/mol. The fraction of sp³-hybridized carbons (Fsp3) is 0.148. The number of nitrogens with one attached hydrogen (secondary N) is 1. The molecule has 0 saturated carbocycles. The lowest BCUT2D eigenvalue weighted by Crippen LogP contribution is -2.24. The molecule has 4 aromatic rings. The number of amides is 1. The Morgan fingerprint density at radius 2 is 1.76 bits per heavy atom. The van der Waals surface area contributed by atoms with Crippen LogP contribution in [0.1, 0.15) is 28.4 Å². The van der Waals surface area contributed by atoms with Crippen molar-refractivity contribution < 1.29 is 14.3 Å². The Hall–Kier alpha value is -4.19. The van der Waals surface area contributed by atoms with Gasteiger partial charge < -0.3 is 14.6 Å². The first-order valence-electron chi connectivity index (χ1n) is 10.7. The number of ketones is 1. The number of fused-ring (bicyclic) bond motifs is 1. The van der Waals surface area contributed by atoms with Gasteiger partial charge >= 0.3 is 0 Å². The Balaban J connectivity index is 1.76. The molecule has 0 unspecified atom stereocenters. The second kappa shape index (κ2) is 9.53. The number of aryl methyl sites for hydroxylation is 1. The van der Waals surface area contributed by atoms with Crippen molar-refractivity contribution >= 4 is 28.3 Å². The summed E-state index contributed by atoms with van der Waals surface area (Å²) in [5, 5.41) is 3.27. The van der Waals surface area contributed by atoms with Gasteiger partial charge in [0.1, 0.15) is 12.3 Å². The van der Waals surface area contributed by atoms with E-state index in [2.05, 4.69) is 5.32 Å². The van der Waals surface area contributed by atoms with Gasteiger partial charge in [-0.2, -0.15) is 0 Å². The van der Waals surface area contributed by atoms with E-state index in [9.17, 15) is 14.4 Å². The van der Waals surface area contributed by atoms with Gasteiger partial charge in [-0.05, 0) is 36.2 Å². The molecule has 0 aliphatic rings. The van der Waals surface area contributed by atoms with Gasteiger partial charge in [-0.1, -0.05) is 49.4 Å². The van der Waals surface area contributed by atoms with Crippen LogP contribution in [-0.2, 0) is 17.8 Å². The predicted octanol–water partition coefficient (Wildman–Crippen LogP) is 4.44. The first-order chi connectivity index (χ1) is 16.0. The molecule has 4 rings (SSSR count). The molecule has 0 radical (unpaired) electrons. The molecule has 0 aliphatic carbocycles. The average Bonchev–Trinajstić information content (AvgIpc) is 2.85. The van der Waals surface area contributed by atoms with Crippen LogP contribution < -0.4 is 15.5 Å². The quantitative estimate of drug-likeness (QED) is 0.431. The van der Waals surface area contributed by atoms with Crippen LogP contribution in [0.2, 0.25) is 0 Å². The molecule has 3 aromatic carbocycles. The third-order valence-electron chi connectivity index (χ3n) is 5.50. The molecule has 6 heteroatoms. The Labute approximate surface area is 191 Å². The molecule has 0 fully saturated rings. The number of ether oxygens (including phenoxy) is 1. The van der Waals surface area contributed by atoms with E-state index in [0.29, 0.717) is 27.9 Å². The lowest BCUT2D eigenvalue weighted by Gasteiger charge is -2.14. The Morgan fingerprint density at radius 1 is 0.970 bits per heavy atom. The third-order valence-corrected chi connectivity index (χ3v) is 5.50. The predicted molar refractivity (Wildman–Crippen MR) is 129 cm³/mol. The van der Waals surface area contributed by atoms with Crippen molar-refractivity contribution in [3.8, 4) is 5.75 Å². The number of hydrogen-bond acceptors (Lipinski definition) is 4. The zero-order chi connectivity index (χ0) is 23.4. The highest BCUT2D eigenvalue weighted by molar-refractivity contribution is 6.10. The van der Waals surface area contributed by atoms with Crippen molar-refractivity contribution in [3.05, 3.63) is 106 Å². The Kier molecular flexibility index (Phi) is 6.36. The summed E-state index contributed by atoms with van der Waals surface area (Å²) < 4.78 is 6.86. The van der Waals surface area contributed by atoms with Crippen LogP contribution in [0.4, 0.5) is 5.69 Å². The average molecular weight is 440 g/mol. The summed E-state index contributed by atoms with van der Waals surface area (Å²) in [5.41, 5.74) is 2.31. The molecule has 1 N–H and O–H groups in total. The molecule has 0 saturated heterocycles. The van der Waals surface area contributed by atoms with Crippen molar-refractivity contribution in [1.82, 2.24) is 4.57 Å². The first kappa shape index (κ1) is 22.0. The van der Waals surface area contributed by atoms with Crippen molar-refractivity contribution in [2.75, 3.05) is 12.4 Å². The summed E-state index contributed by atoms with van der Waals surface area (Å²) in [6.07, 6.45) is 2.24. The smallest absolute Gasteiger partial charge is 0.244 e. The number of rotatable bonds is 7. The summed E-state index contributed by atoms with van der Waals surface area (Å²) in [5.74, 6) is -0.0262. The van der Waals surface area contributed by atoms with E-state index in [-0.39, 0.29) is 29.2 Å². The summed E-state index contributed by atoms with van der Waals surface area (Å²) in [6, 6.07) is 21.3. The van der Waals surface area contributed by atoms with Crippen LogP contribution in [0, 0.1) is 0 Å². The number of methoxy groups -OCH3 is 1. The molecule has 0 aliphatic heterocycles. The van der Waals surface area contributed by atoms with Gasteiger partial charge in [0.2, 0.25) is 11.3 Å². The molecule has 6 nitrogen and oxygen atoms in total. The number of pyridine rings is 1. The molecule has 0 atom stereocenters. The molecule has 33 heavy (non-hydrogen) atoms.